The Kier molecular flexibility index (Phi) is 6.73. The van der Waals surface area contributed by atoms with E-state index in [4.69, 9.17) is 0 Å². The predicted octanol–water partition coefficient (Wildman–Crippen LogP) is 2.94. The smallest absolute Gasteiger partial charge is 0.318 e. The van der Waals surface area contributed by atoms with Crippen LogP contribution in [-0.2, 0) is 11.3 Å². The van der Waals surface area contributed by atoms with Gasteiger partial charge in [0.15, 0.2) is 0 Å². The molecule has 0 bridgehead atoms. The van der Waals surface area contributed by atoms with Gasteiger partial charge in [-0.25, -0.2) is 4.79 Å². The van der Waals surface area contributed by atoms with Gasteiger partial charge in [0.1, 0.15) is 0 Å². The van der Waals surface area contributed by atoms with Crippen LogP contribution in [0.2, 0.25) is 0 Å². The molecule has 7 nitrogen and oxygen atoms in total. The molecule has 7 heteroatoms. The van der Waals surface area contributed by atoms with E-state index in [-0.39, 0.29) is 30.4 Å². The zero-order valence-corrected chi connectivity index (χ0v) is 18.4. The summed E-state index contributed by atoms with van der Waals surface area (Å²) in [4.78, 5) is 40.6. The van der Waals surface area contributed by atoms with Crippen LogP contribution in [-0.4, -0.2) is 53.8 Å². The van der Waals surface area contributed by atoms with Gasteiger partial charge in [0.2, 0.25) is 5.91 Å². The lowest BCUT2D eigenvalue weighted by atomic mass is 10.1. The largest absolute Gasteiger partial charge is 0.353 e. The molecule has 2 aromatic carbocycles. The van der Waals surface area contributed by atoms with Crippen LogP contribution in [0.1, 0.15) is 47.3 Å². The molecule has 4 rings (SSSR count). The van der Waals surface area contributed by atoms with Gasteiger partial charge in [-0.2, -0.15) is 0 Å². The number of benzene rings is 2. The van der Waals surface area contributed by atoms with E-state index in [2.05, 4.69) is 29.7 Å². The summed E-state index contributed by atoms with van der Waals surface area (Å²) in [6.07, 6.45) is 2.36. The molecule has 2 fully saturated rings. The van der Waals surface area contributed by atoms with Gasteiger partial charge in [-0.1, -0.05) is 42.5 Å². The Morgan fingerprint density at radius 2 is 1.84 bits per heavy atom. The van der Waals surface area contributed by atoms with Crippen molar-refractivity contribution in [3.63, 3.8) is 0 Å². The maximum Gasteiger partial charge on any atom is 0.318 e. The molecule has 2 aromatic rings. The second-order valence-corrected chi connectivity index (χ2v) is 8.61. The van der Waals surface area contributed by atoms with Gasteiger partial charge in [-0.05, 0) is 48.9 Å². The number of nitrogens with one attached hydrogen (secondary N) is 2. The first-order valence-corrected chi connectivity index (χ1v) is 11.3. The summed E-state index contributed by atoms with van der Waals surface area (Å²) in [5, 5.41) is 5.76. The van der Waals surface area contributed by atoms with E-state index < -0.39 is 0 Å². The predicted molar refractivity (Wildman–Crippen MR) is 122 cm³/mol. The Bertz CT molecular complexity index is 957. The van der Waals surface area contributed by atoms with Crippen LogP contribution in [0.4, 0.5) is 4.79 Å². The Labute approximate surface area is 188 Å². The van der Waals surface area contributed by atoms with E-state index in [1.165, 1.54) is 12.8 Å². The third-order valence-corrected chi connectivity index (χ3v) is 6.13. The van der Waals surface area contributed by atoms with Crippen LogP contribution in [0.5, 0.6) is 0 Å². The fourth-order valence-corrected chi connectivity index (χ4v) is 3.95. The lowest BCUT2D eigenvalue weighted by Gasteiger charge is -2.30. The fraction of sp³-hybridized carbons (Fsp3) is 0.400. The van der Waals surface area contributed by atoms with Crippen LogP contribution < -0.4 is 10.6 Å². The summed E-state index contributed by atoms with van der Waals surface area (Å²) in [6, 6.07) is 17.2. The SMILES string of the molecule is CC(c1ccccc1)N(CC1CC1)C(=O)NCc1ccc(C(=O)N2CCNC(=O)C2)cc1. The van der Waals surface area contributed by atoms with Gasteiger partial charge in [0.05, 0.1) is 12.6 Å². The molecule has 0 spiro atoms. The molecule has 1 aliphatic heterocycles. The third kappa shape index (κ3) is 5.46. The van der Waals surface area contributed by atoms with Gasteiger partial charge in [-0.3, -0.25) is 9.59 Å². The Balaban J connectivity index is 1.35. The Hall–Kier alpha value is -3.35. The molecule has 168 valence electrons. The molecule has 32 heavy (non-hydrogen) atoms. The van der Waals surface area contributed by atoms with Crippen molar-refractivity contribution in [2.75, 3.05) is 26.2 Å². The molecule has 0 radical (unpaired) electrons. The molecule has 2 N–H and O–H groups in total. The number of piperazine rings is 1. The number of hydrogen-bond acceptors (Lipinski definition) is 3. The number of hydrogen-bond donors (Lipinski definition) is 2. The third-order valence-electron chi connectivity index (χ3n) is 6.13. The minimum atomic E-state index is -0.150. The lowest BCUT2D eigenvalue weighted by molar-refractivity contribution is -0.123. The van der Waals surface area contributed by atoms with Crippen molar-refractivity contribution >= 4 is 17.8 Å². The van der Waals surface area contributed by atoms with E-state index in [0.717, 1.165) is 17.7 Å². The molecule has 1 heterocycles. The summed E-state index contributed by atoms with van der Waals surface area (Å²) < 4.78 is 0. The molecule has 2 aliphatic rings. The standard InChI is InChI=1S/C25H30N4O3/c1-18(21-5-3-2-4-6-21)29(16-20-7-8-20)25(32)27-15-19-9-11-22(12-10-19)24(31)28-14-13-26-23(30)17-28/h2-6,9-12,18,20H,7-8,13-17H2,1H3,(H,26,30)(H,27,32). The number of rotatable bonds is 7. The zero-order valence-electron chi connectivity index (χ0n) is 18.4. The van der Waals surface area contributed by atoms with Crippen molar-refractivity contribution < 1.29 is 14.4 Å². The second-order valence-electron chi connectivity index (χ2n) is 8.61. The average Bonchev–Trinajstić information content (AvgIpc) is 3.65. The number of amides is 4. The highest BCUT2D eigenvalue weighted by Gasteiger charge is 2.30. The Morgan fingerprint density at radius 3 is 2.50 bits per heavy atom. The van der Waals surface area contributed by atoms with E-state index in [1.54, 1.807) is 17.0 Å². The molecule has 4 amide bonds. The van der Waals surface area contributed by atoms with Gasteiger partial charge in [0, 0.05) is 31.7 Å². The van der Waals surface area contributed by atoms with Crippen molar-refractivity contribution in [2.24, 2.45) is 5.92 Å². The van der Waals surface area contributed by atoms with E-state index >= 15 is 0 Å². The molecule has 0 aromatic heterocycles. The highest BCUT2D eigenvalue weighted by atomic mass is 16.2. The van der Waals surface area contributed by atoms with E-state index in [9.17, 15) is 14.4 Å². The normalized spacial score (nSPS) is 16.8. The van der Waals surface area contributed by atoms with Crippen LogP contribution in [0.25, 0.3) is 0 Å². The molecule has 1 saturated carbocycles. The number of carbonyl (C=O) groups excluding carboxylic acids is 3. The maximum absolute atomic E-state index is 13.0. The van der Waals surface area contributed by atoms with Gasteiger partial charge >= 0.3 is 6.03 Å². The summed E-state index contributed by atoms with van der Waals surface area (Å²) in [7, 11) is 0. The molecular formula is C25H30N4O3. The number of urea groups is 1. The average molecular weight is 435 g/mol. The summed E-state index contributed by atoms with van der Waals surface area (Å²) >= 11 is 0. The highest BCUT2D eigenvalue weighted by molar-refractivity contribution is 5.97. The van der Waals surface area contributed by atoms with Gasteiger partial charge < -0.3 is 20.4 Å². The summed E-state index contributed by atoms with van der Waals surface area (Å²) in [5.41, 5.74) is 2.59. The van der Waals surface area contributed by atoms with Crippen LogP contribution in [0.15, 0.2) is 54.6 Å². The van der Waals surface area contributed by atoms with E-state index in [0.29, 0.717) is 31.1 Å². The summed E-state index contributed by atoms with van der Waals surface area (Å²) in [5.74, 6) is 0.307. The van der Waals surface area contributed by atoms with Crippen LogP contribution in [0.3, 0.4) is 0 Å². The van der Waals surface area contributed by atoms with Crippen LogP contribution >= 0.6 is 0 Å². The topological polar surface area (TPSA) is 81.8 Å². The molecule has 1 atom stereocenters. The highest BCUT2D eigenvalue weighted by Crippen LogP contribution is 2.32. The van der Waals surface area contributed by atoms with Crippen molar-refractivity contribution in [1.29, 1.82) is 0 Å². The van der Waals surface area contributed by atoms with Gasteiger partial charge in [-0.15, -0.1) is 0 Å². The van der Waals surface area contributed by atoms with E-state index in [1.807, 2.05) is 35.2 Å². The quantitative estimate of drug-likeness (QED) is 0.703. The number of carbonyl (C=O) groups is 3. The van der Waals surface area contributed by atoms with Crippen LogP contribution in [0, 0.1) is 5.92 Å². The minimum absolute atomic E-state index is 0.00135. The second kappa shape index (κ2) is 9.85. The zero-order chi connectivity index (χ0) is 22.5. The van der Waals surface area contributed by atoms with Gasteiger partial charge in [0.25, 0.3) is 5.91 Å². The summed E-state index contributed by atoms with van der Waals surface area (Å²) in [6.45, 7) is 4.30. The monoisotopic (exact) mass is 434 g/mol. The molecule has 1 saturated heterocycles. The maximum atomic E-state index is 13.0. The first-order valence-electron chi connectivity index (χ1n) is 11.3. The molecular weight excluding hydrogens is 404 g/mol. The Morgan fingerprint density at radius 1 is 1.12 bits per heavy atom. The number of nitrogens with zero attached hydrogens (tertiary/aromatic N) is 2. The first-order chi connectivity index (χ1) is 15.5. The fourth-order valence-electron chi connectivity index (χ4n) is 3.95. The lowest BCUT2D eigenvalue weighted by Crippen LogP contribution is -2.49. The molecule has 1 unspecified atom stereocenters. The minimum Gasteiger partial charge on any atom is -0.353 e. The van der Waals surface area contributed by atoms with Crippen molar-refractivity contribution in [3.8, 4) is 0 Å². The molecule has 1 aliphatic carbocycles. The van der Waals surface area contributed by atoms with Crippen molar-refractivity contribution in [3.05, 3.63) is 71.3 Å². The van der Waals surface area contributed by atoms with Crippen molar-refractivity contribution in [1.82, 2.24) is 20.4 Å². The first kappa shape index (κ1) is 21.9. The van der Waals surface area contributed by atoms with Crippen molar-refractivity contribution in [2.45, 2.75) is 32.4 Å².